The van der Waals surface area contributed by atoms with Crippen LogP contribution in [0.4, 0.5) is 4.79 Å². The van der Waals surface area contributed by atoms with E-state index in [1.54, 1.807) is 33.3 Å². The van der Waals surface area contributed by atoms with Crippen LogP contribution >= 0.6 is 0 Å². The van der Waals surface area contributed by atoms with Crippen LogP contribution in [0.3, 0.4) is 0 Å². The van der Waals surface area contributed by atoms with Crippen LogP contribution in [0.2, 0.25) is 0 Å². The smallest absolute Gasteiger partial charge is 0.408 e. The fourth-order valence-electron chi connectivity index (χ4n) is 1.81. The van der Waals surface area contributed by atoms with Crippen molar-refractivity contribution in [1.82, 2.24) is 14.9 Å². The molecular weight excluding hydrogens is 274 g/mol. The monoisotopic (exact) mass is 297 g/mol. The highest BCUT2D eigenvalue weighted by Gasteiger charge is 2.25. The molecule has 0 radical (unpaired) electrons. The molecule has 7 heteroatoms. The van der Waals surface area contributed by atoms with Crippen molar-refractivity contribution in [3.8, 4) is 0 Å². The zero-order valence-electron chi connectivity index (χ0n) is 13.1. The molecule has 1 rings (SSSR count). The highest BCUT2D eigenvalue weighted by Crippen LogP contribution is 2.12. The lowest BCUT2D eigenvalue weighted by Crippen LogP contribution is -2.45. The number of aliphatic carboxylic acids is 1. The predicted molar refractivity (Wildman–Crippen MR) is 77.1 cm³/mol. The summed E-state index contributed by atoms with van der Waals surface area (Å²) in [4.78, 5) is 27.0. The third-order valence-corrected chi connectivity index (χ3v) is 2.70. The maximum absolute atomic E-state index is 11.7. The van der Waals surface area contributed by atoms with Gasteiger partial charge in [0.1, 0.15) is 11.6 Å². The van der Waals surface area contributed by atoms with E-state index in [2.05, 4.69) is 10.3 Å². The SMILES string of the molecule is CC(C)n1cncc1CC(NC(=O)OC(C)(C)C)C(=O)O. The van der Waals surface area contributed by atoms with Crippen LogP contribution in [0.15, 0.2) is 12.5 Å². The largest absolute Gasteiger partial charge is 0.480 e. The summed E-state index contributed by atoms with van der Waals surface area (Å²) in [6.45, 7) is 9.10. The van der Waals surface area contributed by atoms with E-state index in [4.69, 9.17) is 4.74 Å². The van der Waals surface area contributed by atoms with Crippen LogP contribution in [-0.2, 0) is 16.0 Å². The lowest BCUT2D eigenvalue weighted by molar-refractivity contribution is -0.139. The van der Waals surface area contributed by atoms with Crippen LogP contribution in [0, 0.1) is 0 Å². The third kappa shape index (κ3) is 5.45. The molecule has 0 aliphatic heterocycles. The quantitative estimate of drug-likeness (QED) is 0.866. The van der Waals surface area contributed by atoms with Crippen molar-refractivity contribution in [3.63, 3.8) is 0 Å². The number of ether oxygens (including phenoxy) is 1. The Morgan fingerprint density at radius 1 is 1.43 bits per heavy atom. The van der Waals surface area contributed by atoms with E-state index < -0.39 is 23.7 Å². The molecule has 21 heavy (non-hydrogen) atoms. The molecule has 1 amide bonds. The molecule has 0 aliphatic carbocycles. The highest BCUT2D eigenvalue weighted by atomic mass is 16.6. The van der Waals surface area contributed by atoms with Gasteiger partial charge in [-0.3, -0.25) is 0 Å². The van der Waals surface area contributed by atoms with Crippen molar-refractivity contribution in [2.45, 2.75) is 58.7 Å². The molecule has 0 saturated carbocycles. The first-order valence-electron chi connectivity index (χ1n) is 6.83. The van der Waals surface area contributed by atoms with Gasteiger partial charge < -0.3 is 19.7 Å². The van der Waals surface area contributed by atoms with Gasteiger partial charge in [0.15, 0.2) is 0 Å². The first kappa shape index (κ1) is 17.0. The minimum Gasteiger partial charge on any atom is -0.480 e. The Bertz CT molecular complexity index is 503. The minimum atomic E-state index is -1.11. The third-order valence-electron chi connectivity index (χ3n) is 2.70. The van der Waals surface area contributed by atoms with E-state index in [-0.39, 0.29) is 12.5 Å². The Morgan fingerprint density at radius 2 is 2.05 bits per heavy atom. The molecule has 118 valence electrons. The van der Waals surface area contributed by atoms with Gasteiger partial charge in [-0.25, -0.2) is 14.6 Å². The van der Waals surface area contributed by atoms with Gasteiger partial charge in [-0.1, -0.05) is 0 Å². The Labute approximate surface area is 124 Å². The summed E-state index contributed by atoms with van der Waals surface area (Å²) < 4.78 is 6.95. The average Bonchev–Trinajstić information content (AvgIpc) is 2.73. The molecule has 0 bridgehead atoms. The second kappa shape index (κ2) is 6.60. The fraction of sp³-hybridized carbons (Fsp3) is 0.643. The van der Waals surface area contributed by atoms with Gasteiger partial charge >= 0.3 is 12.1 Å². The standard InChI is InChI=1S/C14H23N3O4/c1-9(2)17-8-15-7-10(17)6-11(12(18)19)16-13(20)21-14(3,4)5/h7-9,11H,6H2,1-5H3,(H,16,20)(H,18,19). The maximum atomic E-state index is 11.7. The van der Waals surface area contributed by atoms with E-state index >= 15 is 0 Å². The number of nitrogens with one attached hydrogen (secondary N) is 1. The van der Waals surface area contributed by atoms with E-state index in [0.29, 0.717) is 0 Å². The first-order valence-corrected chi connectivity index (χ1v) is 6.83. The number of carboxylic acid groups (broad SMARTS) is 1. The summed E-state index contributed by atoms with van der Waals surface area (Å²) in [5, 5.41) is 11.6. The number of imidazole rings is 1. The number of carbonyl (C=O) groups excluding carboxylic acids is 1. The molecule has 0 spiro atoms. The number of aromatic nitrogens is 2. The predicted octanol–water partition coefficient (Wildman–Crippen LogP) is 1.98. The van der Waals surface area contributed by atoms with E-state index in [0.717, 1.165) is 5.69 Å². The molecule has 1 heterocycles. The number of alkyl carbamates (subject to hydrolysis) is 1. The fourth-order valence-corrected chi connectivity index (χ4v) is 1.81. The summed E-state index contributed by atoms with van der Waals surface area (Å²) >= 11 is 0. The van der Waals surface area contributed by atoms with Crippen molar-refractivity contribution in [2.75, 3.05) is 0 Å². The maximum Gasteiger partial charge on any atom is 0.408 e. The van der Waals surface area contributed by atoms with Crippen LogP contribution in [0.1, 0.15) is 46.4 Å². The van der Waals surface area contributed by atoms with E-state index in [9.17, 15) is 14.7 Å². The molecule has 2 N–H and O–H groups in total. The molecule has 1 atom stereocenters. The Hall–Kier alpha value is -2.05. The van der Waals surface area contributed by atoms with Crippen LogP contribution in [-0.4, -0.2) is 38.4 Å². The van der Waals surface area contributed by atoms with Gasteiger partial charge in [0, 0.05) is 24.4 Å². The lowest BCUT2D eigenvalue weighted by atomic mass is 10.1. The van der Waals surface area contributed by atoms with Gasteiger partial charge in [0.05, 0.1) is 6.33 Å². The second-order valence-corrected chi connectivity index (χ2v) is 6.13. The van der Waals surface area contributed by atoms with Crippen molar-refractivity contribution in [3.05, 3.63) is 18.2 Å². The van der Waals surface area contributed by atoms with Gasteiger partial charge in [0.2, 0.25) is 0 Å². The summed E-state index contributed by atoms with van der Waals surface area (Å²) in [7, 11) is 0. The molecule has 7 nitrogen and oxygen atoms in total. The topological polar surface area (TPSA) is 93.5 Å². The Balaban J connectivity index is 2.77. The molecule has 1 aromatic heterocycles. The van der Waals surface area contributed by atoms with Gasteiger partial charge in [-0.15, -0.1) is 0 Å². The van der Waals surface area contributed by atoms with Crippen molar-refractivity contribution >= 4 is 12.1 Å². The lowest BCUT2D eigenvalue weighted by Gasteiger charge is -2.22. The normalized spacial score (nSPS) is 13.0. The summed E-state index contributed by atoms with van der Waals surface area (Å²) in [6.07, 6.45) is 2.65. The summed E-state index contributed by atoms with van der Waals surface area (Å²) in [5.41, 5.74) is 0.0702. The molecule has 0 fully saturated rings. The first-order chi connectivity index (χ1) is 9.60. The zero-order valence-corrected chi connectivity index (χ0v) is 13.1. The zero-order chi connectivity index (χ0) is 16.2. The number of carboxylic acids is 1. The van der Waals surface area contributed by atoms with Crippen LogP contribution < -0.4 is 5.32 Å². The van der Waals surface area contributed by atoms with Crippen LogP contribution in [0.25, 0.3) is 0 Å². The Morgan fingerprint density at radius 3 is 2.52 bits per heavy atom. The van der Waals surface area contributed by atoms with Gasteiger partial charge in [-0.05, 0) is 34.6 Å². The summed E-state index contributed by atoms with van der Waals surface area (Å²) in [5.74, 6) is -1.11. The number of amides is 1. The van der Waals surface area contributed by atoms with E-state index in [1.807, 2.05) is 18.4 Å². The number of hydrogen-bond donors (Lipinski definition) is 2. The number of rotatable bonds is 5. The average molecular weight is 297 g/mol. The highest BCUT2D eigenvalue weighted by molar-refractivity contribution is 5.80. The van der Waals surface area contributed by atoms with Crippen molar-refractivity contribution < 1.29 is 19.4 Å². The van der Waals surface area contributed by atoms with Gasteiger partial charge in [-0.2, -0.15) is 0 Å². The van der Waals surface area contributed by atoms with Gasteiger partial charge in [0.25, 0.3) is 0 Å². The summed E-state index contributed by atoms with van der Waals surface area (Å²) in [6, 6.07) is -0.896. The Kier molecular flexibility index (Phi) is 5.34. The van der Waals surface area contributed by atoms with E-state index in [1.165, 1.54) is 0 Å². The van der Waals surface area contributed by atoms with Crippen molar-refractivity contribution in [2.24, 2.45) is 0 Å². The number of hydrogen-bond acceptors (Lipinski definition) is 4. The minimum absolute atomic E-state index is 0.146. The molecule has 0 aromatic carbocycles. The number of nitrogens with zero attached hydrogens (tertiary/aromatic N) is 2. The van der Waals surface area contributed by atoms with Crippen molar-refractivity contribution in [1.29, 1.82) is 0 Å². The molecule has 0 aliphatic rings. The molecular formula is C14H23N3O4. The number of carbonyl (C=O) groups is 2. The second-order valence-electron chi connectivity index (χ2n) is 6.13. The van der Waals surface area contributed by atoms with Crippen LogP contribution in [0.5, 0.6) is 0 Å². The molecule has 1 aromatic rings. The molecule has 1 unspecified atom stereocenters. The molecule has 0 saturated heterocycles.